The molecule has 2 unspecified atom stereocenters. The van der Waals surface area contributed by atoms with Crippen LogP contribution in [0.25, 0.3) is 0 Å². The normalized spacial score (nSPS) is 12.8. The van der Waals surface area contributed by atoms with Crippen molar-refractivity contribution >= 4 is 46.8 Å². The van der Waals surface area contributed by atoms with Crippen LogP contribution in [0.4, 0.5) is 0 Å². The molecule has 7 heteroatoms. The summed E-state index contributed by atoms with van der Waals surface area (Å²) in [6.45, 7) is 6.34. The number of rotatable bonds is 11. The van der Waals surface area contributed by atoms with E-state index in [0.717, 1.165) is 17.5 Å². The third-order valence-corrected chi connectivity index (χ3v) is 6.79. The molecular formula is C24H30Cl2N2O2S. The summed E-state index contributed by atoms with van der Waals surface area (Å²) in [5, 5.41) is 4.05. The minimum Gasteiger partial charge on any atom is -0.352 e. The molecule has 0 aliphatic carbocycles. The topological polar surface area (TPSA) is 49.4 Å². The fourth-order valence-electron chi connectivity index (χ4n) is 3.11. The lowest BCUT2D eigenvalue weighted by Crippen LogP contribution is -2.51. The van der Waals surface area contributed by atoms with Gasteiger partial charge in [0.2, 0.25) is 11.8 Å². The Morgan fingerprint density at radius 2 is 1.71 bits per heavy atom. The van der Waals surface area contributed by atoms with Gasteiger partial charge in [-0.1, -0.05) is 73.4 Å². The SMILES string of the molecule is CCC(C)NC(=O)C(CC)N(Cc1ccccc1)C(=O)CSCc1ccc(Cl)c(Cl)c1. The summed E-state index contributed by atoms with van der Waals surface area (Å²) in [6, 6.07) is 14.8. The minimum atomic E-state index is -0.507. The van der Waals surface area contributed by atoms with Crippen molar-refractivity contribution in [3.8, 4) is 0 Å². The zero-order valence-electron chi connectivity index (χ0n) is 18.2. The molecular weight excluding hydrogens is 451 g/mol. The Labute approximate surface area is 199 Å². The number of halogens is 2. The molecule has 2 atom stereocenters. The van der Waals surface area contributed by atoms with Crippen LogP contribution in [-0.4, -0.2) is 34.6 Å². The van der Waals surface area contributed by atoms with E-state index in [9.17, 15) is 9.59 Å². The average molecular weight is 481 g/mol. The molecule has 0 aromatic heterocycles. The lowest BCUT2D eigenvalue weighted by atomic mass is 10.1. The number of nitrogens with zero attached hydrogens (tertiary/aromatic N) is 1. The van der Waals surface area contributed by atoms with Crippen molar-refractivity contribution in [1.82, 2.24) is 10.2 Å². The van der Waals surface area contributed by atoms with E-state index in [1.165, 1.54) is 11.8 Å². The molecule has 0 aliphatic heterocycles. The third-order valence-electron chi connectivity index (χ3n) is 5.06. The summed E-state index contributed by atoms with van der Waals surface area (Å²) >= 11 is 13.6. The number of nitrogens with one attached hydrogen (secondary N) is 1. The van der Waals surface area contributed by atoms with Crippen molar-refractivity contribution in [3.05, 3.63) is 69.7 Å². The molecule has 0 saturated carbocycles. The predicted molar refractivity (Wildman–Crippen MR) is 132 cm³/mol. The van der Waals surface area contributed by atoms with Gasteiger partial charge in [-0.3, -0.25) is 9.59 Å². The second-order valence-electron chi connectivity index (χ2n) is 7.49. The van der Waals surface area contributed by atoms with E-state index in [2.05, 4.69) is 5.32 Å². The highest BCUT2D eigenvalue weighted by Gasteiger charge is 2.29. The molecule has 0 bridgehead atoms. The maximum atomic E-state index is 13.2. The number of amides is 2. The van der Waals surface area contributed by atoms with Gasteiger partial charge >= 0.3 is 0 Å². The molecule has 4 nitrogen and oxygen atoms in total. The van der Waals surface area contributed by atoms with Crippen LogP contribution in [0.15, 0.2) is 48.5 Å². The van der Waals surface area contributed by atoms with Crippen LogP contribution in [0.2, 0.25) is 10.0 Å². The van der Waals surface area contributed by atoms with E-state index in [4.69, 9.17) is 23.2 Å². The maximum Gasteiger partial charge on any atom is 0.243 e. The lowest BCUT2D eigenvalue weighted by molar-refractivity contribution is -0.139. The number of hydrogen-bond acceptors (Lipinski definition) is 3. The zero-order chi connectivity index (χ0) is 22.8. The van der Waals surface area contributed by atoms with Crippen molar-refractivity contribution in [3.63, 3.8) is 0 Å². The summed E-state index contributed by atoms with van der Waals surface area (Å²) in [7, 11) is 0. The van der Waals surface area contributed by atoms with Crippen molar-refractivity contribution in [2.45, 2.75) is 58.0 Å². The van der Waals surface area contributed by atoms with Gasteiger partial charge in [-0.15, -0.1) is 11.8 Å². The first-order chi connectivity index (χ1) is 14.8. The van der Waals surface area contributed by atoms with Crippen LogP contribution in [0.1, 0.15) is 44.7 Å². The van der Waals surface area contributed by atoms with Crippen LogP contribution in [-0.2, 0) is 21.9 Å². The van der Waals surface area contributed by atoms with Gasteiger partial charge in [0.25, 0.3) is 0 Å². The molecule has 1 N–H and O–H groups in total. The molecule has 31 heavy (non-hydrogen) atoms. The molecule has 0 radical (unpaired) electrons. The molecule has 168 valence electrons. The van der Waals surface area contributed by atoms with Crippen LogP contribution >= 0.6 is 35.0 Å². The Morgan fingerprint density at radius 3 is 2.32 bits per heavy atom. The van der Waals surface area contributed by atoms with Gasteiger partial charge in [-0.05, 0) is 43.0 Å². The molecule has 0 fully saturated rings. The first-order valence-corrected chi connectivity index (χ1v) is 12.4. The fraction of sp³-hybridized carbons (Fsp3) is 0.417. The molecule has 0 heterocycles. The molecule has 0 aliphatic rings. The van der Waals surface area contributed by atoms with Crippen LogP contribution in [0.3, 0.4) is 0 Å². The van der Waals surface area contributed by atoms with Gasteiger partial charge in [-0.25, -0.2) is 0 Å². The van der Waals surface area contributed by atoms with E-state index >= 15 is 0 Å². The van der Waals surface area contributed by atoms with Gasteiger partial charge in [0.05, 0.1) is 15.8 Å². The van der Waals surface area contributed by atoms with Gasteiger partial charge in [0.15, 0.2) is 0 Å². The van der Waals surface area contributed by atoms with E-state index in [1.807, 2.05) is 63.2 Å². The van der Waals surface area contributed by atoms with Crippen molar-refractivity contribution in [2.75, 3.05) is 5.75 Å². The smallest absolute Gasteiger partial charge is 0.243 e. The maximum absolute atomic E-state index is 13.2. The summed E-state index contributed by atoms with van der Waals surface area (Å²) in [5.41, 5.74) is 2.00. The second-order valence-corrected chi connectivity index (χ2v) is 9.29. The monoisotopic (exact) mass is 480 g/mol. The predicted octanol–water partition coefficient (Wildman–Crippen LogP) is 5.95. The Kier molecular flexibility index (Phi) is 10.7. The molecule has 2 aromatic rings. The van der Waals surface area contributed by atoms with E-state index in [-0.39, 0.29) is 23.6 Å². The Hall–Kier alpha value is -1.69. The van der Waals surface area contributed by atoms with Gasteiger partial charge < -0.3 is 10.2 Å². The quantitative estimate of drug-likeness (QED) is 0.432. The highest BCUT2D eigenvalue weighted by Crippen LogP contribution is 2.25. The van der Waals surface area contributed by atoms with Crippen molar-refractivity contribution in [1.29, 1.82) is 0 Å². The molecule has 2 aromatic carbocycles. The zero-order valence-corrected chi connectivity index (χ0v) is 20.6. The molecule has 0 spiro atoms. The Bertz CT molecular complexity index is 864. The fourth-order valence-corrected chi connectivity index (χ4v) is 4.29. The van der Waals surface area contributed by atoms with Crippen LogP contribution in [0, 0.1) is 0 Å². The van der Waals surface area contributed by atoms with Crippen molar-refractivity contribution in [2.24, 2.45) is 0 Å². The summed E-state index contributed by atoms with van der Waals surface area (Å²) in [5.74, 6) is 0.758. The molecule has 2 amide bonds. The number of benzene rings is 2. The Morgan fingerprint density at radius 1 is 1.00 bits per heavy atom. The van der Waals surface area contributed by atoms with Gasteiger partial charge in [-0.2, -0.15) is 0 Å². The number of carbonyl (C=O) groups is 2. The highest BCUT2D eigenvalue weighted by atomic mass is 35.5. The number of hydrogen-bond donors (Lipinski definition) is 1. The largest absolute Gasteiger partial charge is 0.352 e. The first-order valence-electron chi connectivity index (χ1n) is 10.5. The van der Waals surface area contributed by atoms with Crippen molar-refractivity contribution < 1.29 is 9.59 Å². The van der Waals surface area contributed by atoms with E-state index in [0.29, 0.717) is 28.8 Å². The van der Waals surface area contributed by atoms with Crippen LogP contribution < -0.4 is 5.32 Å². The average Bonchev–Trinajstić information content (AvgIpc) is 2.76. The molecule has 0 saturated heterocycles. The van der Waals surface area contributed by atoms with E-state index < -0.39 is 6.04 Å². The van der Waals surface area contributed by atoms with Gasteiger partial charge in [0.1, 0.15) is 6.04 Å². The van der Waals surface area contributed by atoms with E-state index in [1.54, 1.807) is 11.0 Å². The van der Waals surface area contributed by atoms with Gasteiger partial charge in [0, 0.05) is 18.3 Å². The summed E-state index contributed by atoms with van der Waals surface area (Å²) < 4.78 is 0. The number of thioether (sulfide) groups is 1. The summed E-state index contributed by atoms with van der Waals surface area (Å²) in [6.07, 6.45) is 1.40. The highest BCUT2D eigenvalue weighted by molar-refractivity contribution is 7.99. The standard InChI is InChI=1S/C24H30Cl2N2O2S/c1-4-17(3)27-24(30)22(5-2)28(14-18-9-7-6-8-10-18)23(29)16-31-15-19-11-12-20(25)21(26)13-19/h6-13,17,22H,4-5,14-16H2,1-3H3,(H,27,30). The Balaban J connectivity index is 2.10. The minimum absolute atomic E-state index is 0.0555. The number of carbonyl (C=O) groups excluding carboxylic acids is 2. The molecule has 2 rings (SSSR count). The second kappa shape index (κ2) is 13.0. The lowest BCUT2D eigenvalue weighted by Gasteiger charge is -2.31. The first kappa shape index (κ1) is 25.6. The summed E-state index contributed by atoms with van der Waals surface area (Å²) in [4.78, 5) is 27.8. The van der Waals surface area contributed by atoms with Crippen LogP contribution in [0.5, 0.6) is 0 Å². The third kappa shape index (κ3) is 8.06.